The van der Waals surface area contributed by atoms with Gasteiger partial charge in [-0.1, -0.05) is 35.8 Å². The zero-order valence-electron chi connectivity index (χ0n) is 14.7. The Bertz CT molecular complexity index is 1060. The summed E-state index contributed by atoms with van der Waals surface area (Å²) in [6.45, 7) is 4.03. The average Bonchev–Trinajstić information content (AvgIpc) is 3.38. The first-order valence-corrected chi connectivity index (χ1v) is 8.84. The fourth-order valence-corrected chi connectivity index (χ4v) is 2.78. The van der Waals surface area contributed by atoms with Crippen LogP contribution in [0.5, 0.6) is 0 Å². The average molecular weight is 382 g/mol. The van der Waals surface area contributed by atoms with E-state index >= 15 is 0 Å². The summed E-state index contributed by atoms with van der Waals surface area (Å²) >= 11 is 5.85. The van der Waals surface area contributed by atoms with Gasteiger partial charge in [0.25, 0.3) is 11.8 Å². The second-order valence-electron chi connectivity index (χ2n) is 5.96. The minimum Gasteiger partial charge on any atom is -0.334 e. The fourth-order valence-electron chi connectivity index (χ4n) is 2.68. The quantitative estimate of drug-likeness (QED) is 0.522. The molecule has 0 spiro atoms. The monoisotopic (exact) mass is 381 g/mol. The van der Waals surface area contributed by atoms with Crippen molar-refractivity contribution >= 4 is 11.6 Å². The lowest BCUT2D eigenvalue weighted by atomic mass is 10.1. The van der Waals surface area contributed by atoms with Gasteiger partial charge >= 0.3 is 0 Å². The molecule has 136 valence electrons. The predicted octanol–water partition coefficient (Wildman–Crippen LogP) is 3.47. The van der Waals surface area contributed by atoms with Crippen molar-refractivity contribution < 1.29 is 4.52 Å². The summed E-state index contributed by atoms with van der Waals surface area (Å²) in [6.07, 6.45) is 5.39. The second-order valence-corrected chi connectivity index (χ2v) is 6.40. The first-order chi connectivity index (χ1) is 13.2. The van der Waals surface area contributed by atoms with Crippen molar-refractivity contribution in [1.82, 2.24) is 34.9 Å². The molecule has 0 saturated carbocycles. The molecule has 0 fully saturated rings. The molecule has 1 atom stereocenters. The number of rotatable bonds is 5. The van der Waals surface area contributed by atoms with Crippen LogP contribution in [-0.4, -0.2) is 34.9 Å². The Balaban J connectivity index is 1.65. The van der Waals surface area contributed by atoms with Gasteiger partial charge in [-0.3, -0.25) is 0 Å². The van der Waals surface area contributed by atoms with Gasteiger partial charge < -0.3 is 4.52 Å². The van der Waals surface area contributed by atoms with Crippen molar-refractivity contribution in [3.05, 3.63) is 65.2 Å². The number of hydrogen-bond acceptors (Lipinski definition) is 7. The van der Waals surface area contributed by atoms with Gasteiger partial charge in [-0.05, 0) is 31.0 Å². The maximum atomic E-state index is 5.85. The van der Waals surface area contributed by atoms with Crippen molar-refractivity contribution in [2.75, 3.05) is 0 Å². The molecule has 3 aromatic heterocycles. The Labute approximate surface area is 160 Å². The minimum absolute atomic E-state index is 0.265. The summed E-state index contributed by atoms with van der Waals surface area (Å²) in [5.74, 6) is 1.69. The third-order valence-corrected chi connectivity index (χ3v) is 4.36. The van der Waals surface area contributed by atoms with Crippen molar-refractivity contribution in [3.8, 4) is 17.4 Å². The van der Waals surface area contributed by atoms with Gasteiger partial charge in [-0.15, -0.1) is 0 Å². The standard InChI is InChI=1S/C18H16ClN7O/c1-3-12-5-4-6-13(7-12)17-24-15(25-27-17)11(2)16-22-10-23-26(16)18-20-8-14(19)9-21-18/h4-11H,3H2,1-2H3. The molecule has 0 radical (unpaired) electrons. The largest absolute Gasteiger partial charge is 0.334 e. The smallest absolute Gasteiger partial charge is 0.257 e. The highest BCUT2D eigenvalue weighted by Crippen LogP contribution is 2.25. The van der Waals surface area contributed by atoms with E-state index in [4.69, 9.17) is 16.1 Å². The Kier molecular flexibility index (Phi) is 4.64. The predicted molar refractivity (Wildman–Crippen MR) is 98.6 cm³/mol. The number of nitrogens with zero attached hydrogens (tertiary/aromatic N) is 7. The number of halogens is 1. The lowest BCUT2D eigenvalue weighted by molar-refractivity contribution is 0.419. The zero-order chi connectivity index (χ0) is 18.8. The third kappa shape index (κ3) is 3.43. The molecular formula is C18H16ClN7O. The summed E-state index contributed by atoms with van der Waals surface area (Å²) in [6, 6.07) is 8.05. The maximum absolute atomic E-state index is 5.85. The number of aromatic nitrogens is 7. The molecule has 1 unspecified atom stereocenters. The number of hydrogen-bond donors (Lipinski definition) is 0. The number of benzene rings is 1. The lowest BCUT2D eigenvalue weighted by Gasteiger charge is -2.07. The van der Waals surface area contributed by atoms with Crippen LogP contribution in [0, 0.1) is 0 Å². The first-order valence-electron chi connectivity index (χ1n) is 8.46. The van der Waals surface area contributed by atoms with E-state index in [1.54, 1.807) is 0 Å². The molecule has 4 aromatic rings. The van der Waals surface area contributed by atoms with Gasteiger partial charge in [-0.2, -0.15) is 14.8 Å². The lowest BCUT2D eigenvalue weighted by Crippen LogP contribution is -2.11. The minimum atomic E-state index is -0.265. The molecule has 0 saturated heterocycles. The molecule has 3 heterocycles. The van der Waals surface area contributed by atoms with Crippen molar-refractivity contribution in [1.29, 1.82) is 0 Å². The summed E-state index contributed by atoms with van der Waals surface area (Å²) in [4.78, 5) is 17.2. The Hall–Kier alpha value is -3.13. The van der Waals surface area contributed by atoms with E-state index in [1.165, 1.54) is 29.0 Å². The van der Waals surface area contributed by atoms with E-state index in [1.807, 2.05) is 25.1 Å². The Morgan fingerprint density at radius 1 is 1.19 bits per heavy atom. The van der Waals surface area contributed by atoms with Gasteiger partial charge in [0.05, 0.1) is 23.3 Å². The molecule has 0 bridgehead atoms. The highest BCUT2D eigenvalue weighted by atomic mass is 35.5. The topological polar surface area (TPSA) is 95.4 Å². The zero-order valence-corrected chi connectivity index (χ0v) is 15.5. The van der Waals surface area contributed by atoms with Crippen LogP contribution < -0.4 is 0 Å². The summed E-state index contributed by atoms with van der Waals surface area (Å²) in [7, 11) is 0. The molecule has 0 N–H and O–H groups in total. The Morgan fingerprint density at radius 2 is 2.00 bits per heavy atom. The van der Waals surface area contributed by atoms with Crippen LogP contribution in [0.4, 0.5) is 0 Å². The van der Waals surface area contributed by atoms with E-state index in [0.29, 0.717) is 28.5 Å². The van der Waals surface area contributed by atoms with Crippen LogP contribution in [0.3, 0.4) is 0 Å². The van der Waals surface area contributed by atoms with Gasteiger partial charge in [0.1, 0.15) is 12.2 Å². The molecule has 0 aliphatic carbocycles. The Morgan fingerprint density at radius 3 is 2.78 bits per heavy atom. The highest BCUT2D eigenvalue weighted by molar-refractivity contribution is 6.30. The fraction of sp³-hybridized carbons (Fsp3) is 0.222. The molecule has 27 heavy (non-hydrogen) atoms. The highest BCUT2D eigenvalue weighted by Gasteiger charge is 2.23. The molecule has 0 aliphatic rings. The van der Waals surface area contributed by atoms with Crippen LogP contribution in [0.25, 0.3) is 17.4 Å². The van der Waals surface area contributed by atoms with Crippen molar-refractivity contribution in [2.45, 2.75) is 26.2 Å². The molecular weight excluding hydrogens is 366 g/mol. The number of aryl methyl sites for hydroxylation is 1. The van der Waals surface area contributed by atoms with Crippen LogP contribution in [0.2, 0.25) is 5.02 Å². The molecule has 0 amide bonds. The summed E-state index contributed by atoms with van der Waals surface area (Å²) < 4.78 is 7.00. The third-order valence-electron chi connectivity index (χ3n) is 4.17. The second kappa shape index (κ2) is 7.24. The molecule has 4 rings (SSSR count). The normalized spacial score (nSPS) is 12.3. The van der Waals surface area contributed by atoms with Crippen LogP contribution >= 0.6 is 11.6 Å². The van der Waals surface area contributed by atoms with Gasteiger partial charge in [-0.25, -0.2) is 15.0 Å². The van der Waals surface area contributed by atoms with E-state index in [9.17, 15) is 0 Å². The molecule has 9 heteroatoms. The van der Waals surface area contributed by atoms with Crippen LogP contribution in [0.15, 0.2) is 47.5 Å². The molecule has 8 nitrogen and oxygen atoms in total. The SMILES string of the molecule is CCc1cccc(-c2nc(C(C)c3ncnn3-c3ncc(Cl)cn3)no2)c1. The van der Waals surface area contributed by atoms with Gasteiger partial charge in [0.15, 0.2) is 5.82 Å². The van der Waals surface area contributed by atoms with Gasteiger partial charge in [0, 0.05) is 5.56 Å². The summed E-state index contributed by atoms with van der Waals surface area (Å²) in [5, 5.41) is 8.77. The van der Waals surface area contributed by atoms with Crippen LogP contribution in [-0.2, 0) is 6.42 Å². The van der Waals surface area contributed by atoms with E-state index in [-0.39, 0.29) is 5.92 Å². The maximum Gasteiger partial charge on any atom is 0.257 e. The summed E-state index contributed by atoms with van der Waals surface area (Å²) in [5.41, 5.74) is 2.10. The first kappa shape index (κ1) is 17.3. The van der Waals surface area contributed by atoms with E-state index in [2.05, 4.69) is 43.2 Å². The van der Waals surface area contributed by atoms with Crippen LogP contribution in [0.1, 0.15) is 37.0 Å². The molecule has 1 aromatic carbocycles. The van der Waals surface area contributed by atoms with Crippen molar-refractivity contribution in [3.63, 3.8) is 0 Å². The van der Waals surface area contributed by atoms with E-state index in [0.717, 1.165) is 12.0 Å². The molecule has 0 aliphatic heterocycles. The van der Waals surface area contributed by atoms with E-state index < -0.39 is 0 Å². The van der Waals surface area contributed by atoms with Gasteiger partial charge in [0.2, 0.25) is 0 Å². The van der Waals surface area contributed by atoms with Crippen molar-refractivity contribution in [2.24, 2.45) is 0 Å².